The van der Waals surface area contributed by atoms with Gasteiger partial charge in [-0.15, -0.1) is 5.54 Å². The van der Waals surface area contributed by atoms with E-state index in [0.29, 0.717) is 38.9 Å². The van der Waals surface area contributed by atoms with Crippen molar-refractivity contribution < 1.29 is 19.0 Å². The Labute approximate surface area is 175 Å². The van der Waals surface area contributed by atoms with Crippen LogP contribution in [0.25, 0.3) is 10.8 Å². The Bertz CT molecular complexity index is 888. The zero-order valence-electron chi connectivity index (χ0n) is 18.6. The topological polar surface area (TPSA) is 38.7 Å². The molecule has 3 nitrogen and oxygen atoms in total. The van der Waals surface area contributed by atoms with E-state index in [4.69, 9.17) is 9.47 Å². The second kappa shape index (κ2) is 9.75. The first-order chi connectivity index (χ1) is 13.7. The lowest BCUT2D eigenvalue weighted by Gasteiger charge is -2.38. The minimum absolute atomic E-state index is 0.107. The van der Waals surface area contributed by atoms with Crippen LogP contribution in [0.3, 0.4) is 0 Å². The fraction of sp³-hybridized carbons (Fsp3) is 0.500. The summed E-state index contributed by atoms with van der Waals surface area (Å²) in [7, 11) is -0.461. The summed E-state index contributed by atoms with van der Waals surface area (Å²) in [5.74, 6) is 3.45. The van der Waals surface area contributed by atoms with E-state index in [0.717, 1.165) is 5.39 Å². The van der Waals surface area contributed by atoms with Gasteiger partial charge in [-0.1, -0.05) is 53.5 Å². The summed E-state index contributed by atoms with van der Waals surface area (Å²) in [5.41, 5.74) is 5.94. The summed E-state index contributed by atoms with van der Waals surface area (Å²) in [4.78, 5) is 0. The lowest BCUT2D eigenvalue weighted by molar-refractivity contribution is 0.0511. The summed E-state index contributed by atoms with van der Waals surface area (Å²) in [6, 6.07) is 6.70. The van der Waals surface area contributed by atoms with Gasteiger partial charge in [-0.25, -0.2) is 4.39 Å². The molecule has 2 rings (SSSR count). The fourth-order valence-corrected chi connectivity index (χ4v) is 9.77. The third-order valence-electron chi connectivity index (χ3n) is 5.91. The molecule has 0 aliphatic heterocycles. The van der Waals surface area contributed by atoms with Crippen molar-refractivity contribution in [1.29, 1.82) is 0 Å². The molecule has 0 aromatic heterocycles. The Kier molecular flexibility index (Phi) is 7.87. The minimum Gasteiger partial charge on any atom is -0.468 e. The van der Waals surface area contributed by atoms with Crippen LogP contribution in [-0.4, -0.2) is 27.1 Å². The maximum atomic E-state index is 14.9. The van der Waals surface area contributed by atoms with Crippen LogP contribution < -0.4 is 4.74 Å². The van der Waals surface area contributed by atoms with E-state index in [9.17, 15) is 9.50 Å². The predicted molar refractivity (Wildman–Crippen MR) is 120 cm³/mol. The van der Waals surface area contributed by atoms with Crippen molar-refractivity contribution >= 4 is 18.8 Å². The zero-order chi connectivity index (χ0) is 21.8. The first kappa shape index (κ1) is 23.4. The summed E-state index contributed by atoms with van der Waals surface area (Å²) in [5, 5.41) is 11.4. The highest BCUT2D eigenvalue weighted by atomic mass is 28.3. The standard InChI is InChI=1S/C24H33FO3Si/c1-16(2)29(17(3)4,18(5)6)11-10-22-23(25)9-8-19-12-21(28-15-27-7)13-20(14-26)24(19)22/h8-9,12-13,16-18,26H,14-15H2,1-7H3. The van der Waals surface area contributed by atoms with E-state index >= 15 is 0 Å². The Morgan fingerprint density at radius 1 is 1.03 bits per heavy atom. The van der Waals surface area contributed by atoms with Crippen molar-refractivity contribution in [1.82, 2.24) is 0 Å². The van der Waals surface area contributed by atoms with Crippen LogP contribution in [0.1, 0.15) is 52.7 Å². The molecule has 5 heteroatoms. The van der Waals surface area contributed by atoms with Gasteiger partial charge >= 0.3 is 0 Å². The molecule has 0 spiro atoms. The molecule has 0 radical (unpaired) electrons. The zero-order valence-corrected chi connectivity index (χ0v) is 19.6. The second-order valence-electron chi connectivity index (χ2n) is 8.46. The van der Waals surface area contributed by atoms with Crippen molar-refractivity contribution in [3.05, 3.63) is 41.2 Å². The van der Waals surface area contributed by atoms with Gasteiger partial charge < -0.3 is 14.6 Å². The summed E-state index contributed by atoms with van der Waals surface area (Å²) in [6.07, 6.45) is 0. The Morgan fingerprint density at radius 2 is 1.66 bits per heavy atom. The van der Waals surface area contributed by atoms with Gasteiger partial charge in [0.15, 0.2) is 6.79 Å². The number of benzene rings is 2. The van der Waals surface area contributed by atoms with E-state index < -0.39 is 8.07 Å². The molecule has 0 atom stereocenters. The number of fused-ring (bicyclic) bond motifs is 1. The first-order valence-corrected chi connectivity index (χ1v) is 12.4. The van der Waals surface area contributed by atoms with Gasteiger partial charge in [0.2, 0.25) is 0 Å². The number of ether oxygens (including phenoxy) is 2. The van der Waals surface area contributed by atoms with Gasteiger partial charge in [-0.2, -0.15) is 0 Å². The molecule has 0 bridgehead atoms. The number of aliphatic hydroxyl groups excluding tert-OH is 1. The monoisotopic (exact) mass is 416 g/mol. The predicted octanol–water partition coefficient (Wildman–Crippen LogP) is 6.02. The molecule has 0 unspecified atom stereocenters. The van der Waals surface area contributed by atoms with Crippen molar-refractivity contribution in [2.45, 2.75) is 64.8 Å². The summed E-state index contributed by atoms with van der Waals surface area (Å²) < 4.78 is 25.4. The molecule has 29 heavy (non-hydrogen) atoms. The molecule has 0 fully saturated rings. The molecule has 0 amide bonds. The third kappa shape index (κ3) is 4.66. The summed E-state index contributed by atoms with van der Waals surface area (Å²) >= 11 is 0. The number of halogens is 1. The maximum Gasteiger partial charge on any atom is 0.188 e. The van der Waals surface area contributed by atoms with E-state index in [1.54, 1.807) is 19.2 Å². The van der Waals surface area contributed by atoms with Crippen LogP contribution in [0.5, 0.6) is 5.75 Å². The molecule has 158 valence electrons. The van der Waals surface area contributed by atoms with E-state index in [1.807, 2.05) is 6.07 Å². The molecule has 2 aromatic rings. The molecule has 1 N–H and O–H groups in total. The van der Waals surface area contributed by atoms with Crippen molar-refractivity contribution in [3.63, 3.8) is 0 Å². The molecule has 0 aliphatic carbocycles. The minimum atomic E-state index is -2.01. The van der Waals surface area contributed by atoms with Gasteiger partial charge in [0.1, 0.15) is 19.6 Å². The highest BCUT2D eigenvalue weighted by Crippen LogP contribution is 2.41. The Hall–Kier alpha value is -1.87. The SMILES string of the molecule is COCOc1cc(CO)c2c(C#C[Si](C(C)C)(C(C)C)C(C)C)c(F)ccc2c1. The van der Waals surface area contributed by atoms with Crippen molar-refractivity contribution in [3.8, 4) is 17.2 Å². The first-order valence-electron chi connectivity index (χ1n) is 10.2. The van der Waals surface area contributed by atoms with Gasteiger partial charge in [0.05, 0.1) is 12.2 Å². The fourth-order valence-electron chi connectivity index (χ4n) is 4.56. The van der Waals surface area contributed by atoms with E-state index in [-0.39, 0.29) is 19.2 Å². The van der Waals surface area contributed by atoms with Crippen LogP contribution in [0.2, 0.25) is 16.6 Å². The van der Waals surface area contributed by atoms with Crippen LogP contribution in [0.4, 0.5) is 4.39 Å². The largest absolute Gasteiger partial charge is 0.468 e. The van der Waals surface area contributed by atoms with Crippen LogP contribution in [-0.2, 0) is 11.3 Å². The number of methoxy groups -OCH3 is 1. The average molecular weight is 417 g/mol. The molecule has 0 saturated heterocycles. The smallest absolute Gasteiger partial charge is 0.188 e. The number of rotatable bonds is 7. The summed E-state index contributed by atoms with van der Waals surface area (Å²) in [6.45, 7) is 13.3. The molecule has 2 aromatic carbocycles. The number of hydrogen-bond donors (Lipinski definition) is 1. The molecular weight excluding hydrogens is 383 g/mol. The van der Waals surface area contributed by atoms with Crippen LogP contribution in [0.15, 0.2) is 24.3 Å². The Morgan fingerprint density at radius 3 is 2.17 bits per heavy atom. The van der Waals surface area contributed by atoms with Gasteiger partial charge in [0.25, 0.3) is 0 Å². The van der Waals surface area contributed by atoms with Gasteiger partial charge in [0, 0.05) is 12.5 Å². The van der Waals surface area contributed by atoms with Crippen molar-refractivity contribution in [2.75, 3.05) is 13.9 Å². The lowest BCUT2D eigenvalue weighted by atomic mass is 9.99. The van der Waals surface area contributed by atoms with Crippen LogP contribution >= 0.6 is 0 Å². The normalized spacial score (nSPS) is 12.0. The van der Waals surface area contributed by atoms with Crippen LogP contribution in [0, 0.1) is 17.3 Å². The quantitative estimate of drug-likeness (QED) is 0.341. The molecule has 0 saturated carbocycles. The highest BCUT2D eigenvalue weighted by molar-refractivity contribution is 6.90. The number of hydrogen-bond acceptors (Lipinski definition) is 3. The second-order valence-corrected chi connectivity index (χ2v) is 14.0. The van der Waals surface area contributed by atoms with Gasteiger partial charge in [-0.3, -0.25) is 0 Å². The average Bonchev–Trinajstić information content (AvgIpc) is 2.66. The highest BCUT2D eigenvalue weighted by Gasteiger charge is 2.41. The molecular formula is C24H33FO3Si. The van der Waals surface area contributed by atoms with Gasteiger partial charge in [-0.05, 0) is 45.8 Å². The maximum absolute atomic E-state index is 14.9. The third-order valence-corrected chi connectivity index (χ3v) is 12.2. The number of aliphatic hydroxyl groups is 1. The molecule has 0 aliphatic rings. The van der Waals surface area contributed by atoms with Crippen molar-refractivity contribution in [2.24, 2.45) is 0 Å². The van der Waals surface area contributed by atoms with E-state index in [1.165, 1.54) is 6.07 Å². The Balaban J connectivity index is 2.74. The molecule has 0 heterocycles. The van der Waals surface area contributed by atoms with E-state index in [2.05, 4.69) is 53.0 Å². The lowest BCUT2D eigenvalue weighted by Crippen LogP contribution is -2.43.